The van der Waals surface area contributed by atoms with Crippen LogP contribution in [-0.4, -0.2) is 35.2 Å². The van der Waals surface area contributed by atoms with Gasteiger partial charge in [0.05, 0.1) is 6.10 Å². The molecule has 0 radical (unpaired) electrons. The lowest BCUT2D eigenvalue weighted by Gasteiger charge is -2.28. The minimum absolute atomic E-state index is 0.246. The molecule has 1 aromatic heterocycles. The summed E-state index contributed by atoms with van der Waals surface area (Å²) in [5.74, 6) is 0.691. The zero-order chi connectivity index (χ0) is 14.0. The summed E-state index contributed by atoms with van der Waals surface area (Å²) in [6.45, 7) is 5.64. The van der Waals surface area contributed by atoms with Crippen LogP contribution in [0.2, 0.25) is 0 Å². The minimum atomic E-state index is -0.246. The van der Waals surface area contributed by atoms with Crippen LogP contribution < -0.4 is 0 Å². The van der Waals surface area contributed by atoms with Crippen molar-refractivity contribution in [3.8, 4) is 0 Å². The van der Waals surface area contributed by atoms with Crippen LogP contribution in [0.4, 0.5) is 0 Å². The molecule has 0 amide bonds. The first-order valence-corrected chi connectivity index (χ1v) is 7.51. The number of aliphatic hydroxyl groups excluding tert-OH is 1. The summed E-state index contributed by atoms with van der Waals surface area (Å²) in [6.07, 6.45) is 6.27. The van der Waals surface area contributed by atoms with E-state index in [-0.39, 0.29) is 6.10 Å². The van der Waals surface area contributed by atoms with Crippen molar-refractivity contribution in [1.82, 2.24) is 9.47 Å². The molecule has 1 aromatic rings. The van der Waals surface area contributed by atoms with E-state index in [0.29, 0.717) is 12.0 Å². The first kappa shape index (κ1) is 14.6. The predicted octanol–water partition coefficient (Wildman–Crippen LogP) is 3.01. The molecule has 1 aliphatic rings. The molecular formula is C16H28N2O. The van der Waals surface area contributed by atoms with Gasteiger partial charge in [-0.3, -0.25) is 0 Å². The topological polar surface area (TPSA) is 28.4 Å². The maximum atomic E-state index is 10.1. The number of rotatable bonds is 5. The average molecular weight is 264 g/mol. The van der Waals surface area contributed by atoms with Gasteiger partial charge in [-0.25, -0.2) is 0 Å². The van der Waals surface area contributed by atoms with E-state index in [1.54, 1.807) is 0 Å². The Labute approximate surface area is 117 Å². The molecule has 1 aliphatic carbocycles. The lowest BCUT2D eigenvalue weighted by Crippen LogP contribution is -2.27. The SMILES string of the molecule is CC(C)CC(CN(C)C)n1ccc2c1CCCC2O. The minimum Gasteiger partial charge on any atom is -0.388 e. The quantitative estimate of drug-likeness (QED) is 0.885. The van der Waals surface area contributed by atoms with Crippen molar-refractivity contribution in [2.24, 2.45) is 5.92 Å². The second-order valence-electron chi connectivity index (χ2n) is 6.58. The summed E-state index contributed by atoms with van der Waals surface area (Å²) in [5.41, 5.74) is 2.53. The molecule has 1 heterocycles. The van der Waals surface area contributed by atoms with Crippen molar-refractivity contribution >= 4 is 0 Å². The fourth-order valence-electron chi connectivity index (χ4n) is 3.27. The first-order chi connectivity index (χ1) is 8.99. The molecule has 0 bridgehead atoms. The summed E-state index contributed by atoms with van der Waals surface area (Å²) < 4.78 is 2.43. The van der Waals surface area contributed by atoms with Crippen LogP contribution in [0.3, 0.4) is 0 Å². The van der Waals surface area contributed by atoms with Gasteiger partial charge < -0.3 is 14.6 Å². The molecule has 0 aromatic carbocycles. The molecule has 0 saturated heterocycles. The Morgan fingerprint density at radius 1 is 1.42 bits per heavy atom. The Balaban J connectivity index is 2.26. The largest absolute Gasteiger partial charge is 0.388 e. The van der Waals surface area contributed by atoms with Gasteiger partial charge in [-0.15, -0.1) is 0 Å². The molecule has 108 valence electrons. The van der Waals surface area contributed by atoms with Gasteiger partial charge in [0.2, 0.25) is 0 Å². The van der Waals surface area contributed by atoms with Crippen LogP contribution in [-0.2, 0) is 6.42 Å². The van der Waals surface area contributed by atoms with E-state index in [2.05, 4.69) is 49.7 Å². The van der Waals surface area contributed by atoms with Crippen molar-refractivity contribution in [1.29, 1.82) is 0 Å². The van der Waals surface area contributed by atoms with E-state index in [1.807, 2.05) is 0 Å². The van der Waals surface area contributed by atoms with Crippen molar-refractivity contribution in [2.75, 3.05) is 20.6 Å². The first-order valence-electron chi connectivity index (χ1n) is 7.51. The standard InChI is InChI=1S/C16H28N2O/c1-12(2)10-13(11-17(3)4)18-9-8-14-15(18)6-5-7-16(14)19/h8-9,12-13,16,19H,5-7,10-11H2,1-4H3. The third-order valence-electron chi connectivity index (χ3n) is 4.02. The highest BCUT2D eigenvalue weighted by atomic mass is 16.3. The van der Waals surface area contributed by atoms with Crippen molar-refractivity contribution in [3.63, 3.8) is 0 Å². The van der Waals surface area contributed by atoms with E-state index in [0.717, 1.165) is 25.8 Å². The van der Waals surface area contributed by atoms with Crippen LogP contribution in [0.1, 0.15) is 56.5 Å². The number of fused-ring (bicyclic) bond motifs is 1. The third kappa shape index (κ3) is 3.40. The lowest BCUT2D eigenvalue weighted by atomic mass is 9.94. The second-order valence-corrected chi connectivity index (χ2v) is 6.58. The highest BCUT2D eigenvalue weighted by Crippen LogP contribution is 2.33. The van der Waals surface area contributed by atoms with Crippen LogP contribution in [0.15, 0.2) is 12.3 Å². The summed E-state index contributed by atoms with van der Waals surface area (Å²) in [7, 11) is 4.27. The van der Waals surface area contributed by atoms with Gasteiger partial charge in [0.15, 0.2) is 0 Å². The average Bonchev–Trinajstić information content (AvgIpc) is 2.72. The molecule has 2 rings (SSSR count). The highest BCUT2D eigenvalue weighted by molar-refractivity contribution is 5.28. The number of likely N-dealkylation sites (N-methyl/N-ethyl adjacent to an activating group) is 1. The molecule has 0 aliphatic heterocycles. The molecule has 2 unspecified atom stereocenters. The van der Waals surface area contributed by atoms with Crippen molar-refractivity contribution in [2.45, 2.75) is 51.7 Å². The number of aromatic nitrogens is 1. The predicted molar refractivity (Wildman–Crippen MR) is 79.4 cm³/mol. The number of aliphatic hydroxyl groups is 1. The fourth-order valence-corrected chi connectivity index (χ4v) is 3.27. The van der Waals surface area contributed by atoms with Gasteiger partial charge in [0, 0.05) is 30.0 Å². The summed E-state index contributed by atoms with van der Waals surface area (Å²) >= 11 is 0. The molecule has 0 spiro atoms. The zero-order valence-corrected chi connectivity index (χ0v) is 12.8. The maximum Gasteiger partial charge on any atom is 0.0807 e. The van der Waals surface area contributed by atoms with Gasteiger partial charge in [-0.1, -0.05) is 13.8 Å². The Kier molecular flexibility index (Phi) is 4.69. The Morgan fingerprint density at radius 2 is 2.16 bits per heavy atom. The smallest absolute Gasteiger partial charge is 0.0807 e. The third-order valence-corrected chi connectivity index (χ3v) is 4.02. The van der Waals surface area contributed by atoms with E-state index < -0.39 is 0 Å². The maximum absolute atomic E-state index is 10.1. The Morgan fingerprint density at radius 3 is 2.79 bits per heavy atom. The molecule has 19 heavy (non-hydrogen) atoms. The van der Waals surface area contributed by atoms with Crippen LogP contribution >= 0.6 is 0 Å². The lowest BCUT2D eigenvalue weighted by molar-refractivity contribution is 0.154. The second kappa shape index (κ2) is 6.10. The molecule has 3 heteroatoms. The Hall–Kier alpha value is -0.800. The molecule has 0 saturated carbocycles. The van der Waals surface area contributed by atoms with Gasteiger partial charge in [0.1, 0.15) is 0 Å². The molecule has 0 fully saturated rings. The van der Waals surface area contributed by atoms with Crippen LogP contribution in [0.25, 0.3) is 0 Å². The van der Waals surface area contributed by atoms with Gasteiger partial charge in [-0.05, 0) is 51.8 Å². The van der Waals surface area contributed by atoms with E-state index in [1.165, 1.54) is 17.7 Å². The molecular weight excluding hydrogens is 236 g/mol. The number of nitrogens with zero attached hydrogens (tertiary/aromatic N) is 2. The fraction of sp³-hybridized carbons (Fsp3) is 0.750. The van der Waals surface area contributed by atoms with Gasteiger partial charge in [0.25, 0.3) is 0 Å². The summed E-state index contributed by atoms with van der Waals surface area (Å²) in [6, 6.07) is 2.64. The van der Waals surface area contributed by atoms with E-state index in [9.17, 15) is 5.11 Å². The summed E-state index contributed by atoms with van der Waals surface area (Å²) in [5, 5.41) is 10.1. The number of hydrogen-bond acceptors (Lipinski definition) is 2. The van der Waals surface area contributed by atoms with Crippen molar-refractivity contribution in [3.05, 3.63) is 23.5 Å². The van der Waals surface area contributed by atoms with Gasteiger partial charge in [-0.2, -0.15) is 0 Å². The Bertz CT molecular complexity index is 399. The summed E-state index contributed by atoms with van der Waals surface area (Å²) in [4.78, 5) is 2.26. The van der Waals surface area contributed by atoms with Crippen LogP contribution in [0, 0.1) is 5.92 Å². The molecule has 3 nitrogen and oxygen atoms in total. The molecule has 1 N–H and O–H groups in total. The zero-order valence-electron chi connectivity index (χ0n) is 12.8. The number of hydrogen-bond donors (Lipinski definition) is 1. The van der Waals surface area contributed by atoms with E-state index in [4.69, 9.17) is 0 Å². The normalized spacial score (nSPS) is 20.9. The van der Waals surface area contributed by atoms with Crippen LogP contribution in [0.5, 0.6) is 0 Å². The van der Waals surface area contributed by atoms with Crippen molar-refractivity contribution < 1.29 is 5.11 Å². The van der Waals surface area contributed by atoms with Gasteiger partial charge >= 0.3 is 0 Å². The van der Waals surface area contributed by atoms with E-state index >= 15 is 0 Å². The molecule has 2 atom stereocenters. The monoisotopic (exact) mass is 264 g/mol. The highest BCUT2D eigenvalue weighted by Gasteiger charge is 2.24.